The van der Waals surface area contributed by atoms with Crippen molar-refractivity contribution in [1.82, 2.24) is 15.2 Å². The van der Waals surface area contributed by atoms with Crippen molar-refractivity contribution in [3.63, 3.8) is 0 Å². The second-order valence-corrected chi connectivity index (χ2v) is 6.77. The lowest BCUT2D eigenvalue weighted by Crippen LogP contribution is -2.40. The number of rotatable bonds is 7. The molecule has 1 amide bonds. The fourth-order valence-corrected chi connectivity index (χ4v) is 3.34. The quantitative estimate of drug-likeness (QED) is 0.709. The second-order valence-electron chi connectivity index (χ2n) is 6.77. The third-order valence-corrected chi connectivity index (χ3v) is 4.87. The van der Waals surface area contributed by atoms with Gasteiger partial charge in [0, 0.05) is 29.4 Å². The summed E-state index contributed by atoms with van der Waals surface area (Å²) in [7, 11) is 0. The molecule has 0 spiro atoms. The van der Waals surface area contributed by atoms with Gasteiger partial charge in [0.05, 0.1) is 6.54 Å². The van der Waals surface area contributed by atoms with Crippen LogP contribution in [0.5, 0.6) is 0 Å². The summed E-state index contributed by atoms with van der Waals surface area (Å²) in [5.41, 5.74) is 1.73. The largest absolute Gasteiger partial charge is 0.459 e. The Morgan fingerprint density at radius 3 is 2.85 bits per heavy atom. The number of hydrogen-bond donors (Lipinski definition) is 1. The number of carbonyl (C=O) groups is 1. The van der Waals surface area contributed by atoms with Gasteiger partial charge in [0.15, 0.2) is 0 Å². The van der Waals surface area contributed by atoms with Crippen LogP contribution in [0.15, 0.2) is 59.3 Å². The van der Waals surface area contributed by atoms with Gasteiger partial charge in [0.1, 0.15) is 17.4 Å². The molecule has 134 valence electrons. The van der Waals surface area contributed by atoms with Crippen LogP contribution in [0.3, 0.4) is 0 Å². The average Bonchev–Trinajstić information content (AvgIpc) is 3.43. The number of nitrogens with zero attached hydrogens (tertiary/aromatic N) is 2. The summed E-state index contributed by atoms with van der Waals surface area (Å²) in [5.74, 6) is 0.732. The SMILES string of the molecule is CCN(CC(=O)NC(c1cccnc1)c1cc2ccccc2o1)C1CC1. The van der Waals surface area contributed by atoms with Crippen LogP contribution in [0.4, 0.5) is 0 Å². The highest BCUT2D eigenvalue weighted by Gasteiger charge is 2.30. The fraction of sp³-hybridized carbons (Fsp3) is 0.333. The summed E-state index contributed by atoms with van der Waals surface area (Å²) in [4.78, 5) is 19.1. The molecule has 1 saturated carbocycles. The molecule has 3 aromatic rings. The minimum atomic E-state index is -0.346. The number of carbonyl (C=O) groups excluding carboxylic acids is 1. The first-order valence-electron chi connectivity index (χ1n) is 9.16. The van der Waals surface area contributed by atoms with Gasteiger partial charge in [-0.1, -0.05) is 31.2 Å². The van der Waals surface area contributed by atoms with Crippen LogP contribution >= 0.6 is 0 Å². The maximum Gasteiger partial charge on any atom is 0.235 e. The van der Waals surface area contributed by atoms with Gasteiger partial charge in [-0.15, -0.1) is 0 Å². The summed E-state index contributed by atoms with van der Waals surface area (Å²) in [5, 5.41) is 4.17. The van der Waals surface area contributed by atoms with Crippen molar-refractivity contribution in [2.75, 3.05) is 13.1 Å². The molecule has 5 nitrogen and oxygen atoms in total. The molecular weight excluding hydrogens is 326 g/mol. The molecule has 5 heteroatoms. The molecule has 1 aliphatic carbocycles. The van der Waals surface area contributed by atoms with Gasteiger partial charge in [-0.3, -0.25) is 14.7 Å². The number of aromatic nitrogens is 1. The van der Waals surface area contributed by atoms with Crippen LogP contribution in [0.2, 0.25) is 0 Å². The van der Waals surface area contributed by atoms with E-state index in [0.29, 0.717) is 12.6 Å². The van der Waals surface area contributed by atoms with Crippen molar-refractivity contribution in [3.8, 4) is 0 Å². The Kier molecular flexibility index (Phi) is 4.71. The number of nitrogens with one attached hydrogen (secondary N) is 1. The molecule has 2 heterocycles. The first-order chi connectivity index (χ1) is 12.7. The number of fused-ring (bicyclic) bond motifs is 1. The number of furan rings is 1. The molecule has 0 aliphatic heterocycles. The maximum atomic E-state index is 12.7. The van der Waals surface area contributed by atoms with Crippen molar-refractivity contribution in [2.45, 2.75) is 31.8 Å². The Bertz CT molecular complexity index is 853. The van der Waals surface area contributed by atoms with Crippen LogP contribution in [0.25, 0.3) is 11.0 Å². The highest BCUT2D eigenvalue weighted by atomic mass is 16.3. The van der Waals surface area contributed by atoms with Gasteiger partial charge in [0.2, 0.25) is 5.91 Å². The Morgan fingerprint density at radius 1 is 1.31 bits per heavy atom. The third kappa shape index (κ3) is 3.63. The number of likely N-dealkylation sites (N-methyl/N-ethyl adjacent to an activating group) is 1. The molecule has 4 rings (SSSR count). The smallest absolute Gasteiger partial charge is 0.235 e. The summed E-state index contributed by atoms with van der Waals surface area (Å²) in [6, 6.07) is 13.9. The first-order valence-corrected chi connectivity index (χ1v) is 9.16. The van der Waals surface area contributed by atoms with E-state index in [1.54, 1.807) is 12.4 Å². The highest BCUT2D eigenvalue weighted by molar-refractivity contribution is 5.80. The molecule has 1 aromatic carbocycles. The number of para-hydroxylation sites is 1. The van der Waals surface area contributed by atoms with Crippen molar-refractivity contribution in [2.24, 2.45) is 0 Å². The minimum Gasteiger partial charge on any atom is -0.459 e. The zero-order chi connectivity index (χ0) is 17.9. The number of hydrogen-bond acceptors (Lipinski definition) is 4. The summed E-state index contributed by atoms with van der Waals surface area (Å²) in [6.07, 6.45) is 5.89. The van der Waals surface area contributed by atoms with Crippen molar-refractivity contribution in [3.05, 3.63) is 66.2 Å². The Balaban J connectivity index is 1.59. The van der Waals surface area contributed by atoms with E-state index in [9.17, 15) is 4.79 Å². The molecule has 0 radical (unpaired) electrons. The molecule has 1 unspecified atom stereocenters. The van der Waals surface area contributed by atoms with Crippen LogP contribution in [-0.2, 0) is 4.79 Å². The van der Waals surface area contributed by atoms with Crippen molar-refractivity contribution < 1.29 is 9.21 Å². The van der Waals surface area contributed by atoms with E-state index in [2.05, 4.69) is 22.1 Å². The van der Waals surface area contributed by atoms with E-state index < -0.39 is 0 Å². The van der Waals surface area contributed by atoms with E-state index in [1.165, 1.54) is 12.8 Å². The van der Waals surface area contributed by atoms with Crippen LogP contribution < -0.4 is 5.32 Å². The van der Waals surface area contributed by atoms with Gasteiger partial charge in [-0.2, -0.15) is 0 Å². The van der Waals surface area contributed by atoms with E-state index in [0.717, 1.165) is 28.8 Å². The van der Waals surface area contributed by atoms with Gasteiger partial charge in [-0.25, -0.2) is 0 Å². The van der Waals surface area contributed by atoms with Crippen molar-refractivity contribution >= 4 is 16.9 Å². The molecule has 1 atom stereocenters. The molecule has 2 aromatic heterocycles. The van der Waals surface area contributed by atoms with E-state index in [-0.39, 0.29) is 11.9 Å². The Morgan fingerprint density at radius 2 is 2.15 bits per heavy atom. The van der Waals surface area contributed by atoms with Gasteiger partial charge in [0.25, 0.3) is 0 Å². The molecule has 1 aliphatic rings. The lowest BCUT2D eigenvalue weighted by Gasteiger charge is -2.22. The maximum absolute atomic E-state index is 12.7. The highest BCUT2D eigenvalue weighted by Crippen LogP contribution is 2.29. The summed E-state index contributed by atoms with van der Waals surface area (Å²) >= 11 is 0. The topological polar surface area (TPSA) is 58.4 Å². The van der Waals surface area contributed by atoms with Crippen LogP contribution in [0.1, 0.15) is 37.1 Å². The molecule has 0 saturated heterocycles. The zero-order valence-corrected chi connectivity index (χ0v) is 14.9. The molecule has 1 fully saturated rings. The van der Waals surface area contributed by atoms with E-state index >= 15 is 0 Å². The number of amides is 1. The first kappa shape index (κ1) is 16.8. The molecule has 1 N–H and O–H groups in total. The average molecular weight is 349 g/mol. The fourth-order valence-electron chi connectivity index (χ4n) is 3.34. The second kappa shape index (κ2) is 7.30. The Hall–Kier alpha value is -2.66. The lowest BCUT2D eigenvalue weighted by atomic mass is 10.1. The monoisotopic (exact) mass is 349 g/mol. The van der Waals surface area contributed by atoms with Gasteiger partial charge < -0.3 is 9.73 Å². The van der Waals surface area contributed by atoms with Gasteiger partial charge in [-0.05, 0) is 37.6 Å². The summed E-state index contributed by atoms with van der Waals surface area (Å²) < 4.78 is 6.02. The Labute approximate surface area is 153 Å². The molecular formula is C21H23N3O2. The molecule has 26 heavy (non-hydrogen) atoms. The minimum absolute atomic E-state index is 0.00746. The third-order valence-electron chi connectivity index (χ3n) is 4.87. The predicted octanol–water partition coefficient (Wildman–Crippen LogP) is 3.52. The van der Waals surface area contributed by atoms with E-state index in [4.69, 9.17) is 4.42 Å². The van der Waals surface area contributed by atoms with Crippen molar-refractivity contribution in [1.29, 1.82) is 0 Å². The summed E-state index contributed by atoms with van der Waals surface area (Å²) in [6.45, 7) is 3.40. The lowest BCUT2D eigenvalue weighted by molar-refractivity contribution is -0.123. The standard InChI is InChI=1S/C21H23N3O2/c1-2-24(17-9-10-17)14-20(25)23-21(16-7-5-11-22-13-16)19-12-15-6-3-4-8-18(15)26-19/h3-8,11-13,17,21H,2,9-10,14H2,1H3,(H,23,25). The molecule has 0 bridgehead atoms. The van der Waals surface area contributed by atoms with Crippen LogP contribution in [0, 0.1) is 0 Å². The van der Waals surface area contributed by atoms with Gasteiger partial charge >= 0.3 is 0 Å². The van der Waals surface area contributed by atoms with E-state index in [1.807, 2.05) is 42.5 Å². The number of benzene rings is 1. The predicted molar refractivity (Wildman–Crippen MR) is 101 cm³/mol. The van der Waals surface area contributed by atoms with Crippen LogP contribution in [-0.4, -0.2) is 34.9 Å². The zero-order valence-electron chi connectivity index (χ0n) is 14.9. The normalized spacial score (nSPS) is 15.3. The number of pyridine rings is 1.